The molecule has 0 heterocycles. The lowest BCUT2D eigenvalue weighted by molar-refractivity contribution is 0.253. The van der Waals surface area contributed by atoms with Gasteiger partial charge in [-0.25, -0.2) is 0 Å². The van der Waals surface area contributed by atoms with E-state index in [9.17, 15) is 0 Å². The Morgan fingerprint density at radius 2 is 2.08 bits per heavy atom. The first kappa shape index (κ1) is 9.02. The van der Waals surface area contributed by atoms with E-state index in [2.05, 4.69) is 6.07 Å². The molecule has 72 valence electrons. The second kappa shape index (κ2) is 3.67. The normalized spacial score (nSPS) is 42.2. The zero-order valence-electron chi connectivity index (χ0n) is 8.08. The summed E-state index contributed by atoms with van der Waals surface area (Å²) in [5.74, 6) is 2.65. The average Bonchev–Trinajstić information content (AvgIpc) is 2.73. The van der Waals surface area contributed by atoms with Gasteiger partial charge in [-0.05, 0) is 56.4 Å². The Hall–Kier alpha value is -0.550. The third-order valence-electron chi connectivity index (χ3n) is 3.98. The van der Waals surface area contributed by atoms with Crippen LogP contribution in [-0.4, -0.2) is 6.54 Å². The summed E-state index contributed by atoms with van der Waals surface area (Å²) in [6, 6.07) is 2.51. The maximum Gasteiger partial charge on any atom is 0.0661 e. The highest BCUT2D eigenvalue weighted by molar-refractivity contribution is 5.04. The smallest absolute Gasteiger partial charge is 0.0661 e. The van der Waals surface area contributed by atoms with Crippen molar-refractivity contribution in [3.05, 3.63) is 0 Å². The standard InChI is InChI=1S/C11H18N2/c12-5-1-2-10-8-3-4-9(6-8)11(10)7-13/h8-11H,1-6,12H2/t8-,9+,10-,11+/m0/s1. The van der Waals surface area contributed by atoms with Crippen LogP contribution in [0.3, 0.4) is 0 Å². The van der Waals surface area contributed by atoms with Crippen LogP contribution >= 0.6 is 0 Å². The Kier molecular flexibility index (Phi) is 2.55. The zero-order chi connectivity index (χ0) is 9.26. The number of fused-ring (bicyclic) bond motifs is 2. The maximum atomic E-state index is 9.08. The molecule has 2 heteroatoms. The van der Waals surface area contributed by atoms with Crippen LogP contribution in [0, 0.1) is 35.0 Å². The molecule has 0 spiro atoms. The van der Waals surface area contributed by atoms with E-state index in [0.717, 1.165) is 24.8 Å². The van der Waals surface area contributed by atoms with Gasteiger partial charge in [0.1, 0.15) is 0 Å². The summed E-state index contributed by atoms with van der Waals surface area (Å²) in [4.78, 5) is 0. The Labute approximate surface area is 80.1 Å². The van der Waals surface area contributed by atoms with Crippen molar-refractivity contribution in [3.8, 4) is 6.07 Å². The molecule has 0 aromatic heterocycles. The molecular weight excluding hydrogens is 160 g/mol. The summed E-state index contributed by atoms with van der Waals surface area (Å²) in [7, 11) is 0. The van der Waals surface area contributed by atoms with Crippen LogP contribution in [0.4, 0.5) is 0 Å². The zero-order valence-corrected chi connectivity index (χ0v) is 8.08. The fraction of sp³-hybridized carbons (Fsp3) is 0.909. The highest BCUT2D eigenvalue weighted by Gasteiger charge is 2.46. The molecule has 0 saturated heterocycles. The summed E-state index contributed by atoms with van der Waals surface area (Å²) in [5.41, 5.74) is 5.51. The van der Waals surface area contributed by atoms with Gasteiger partial charge < -0.3 is 5.73 Å². The SMILES string of the molecule is N#C[C@@H]1[C@@H]2CC[C@@H](C2)[C@@H]1CCCN. The fourth-order valence-corrected chi connectivity index (χ4v) is 3.38. The molecule has 0 aliphatic heterocycles. The Balaban J connectivity index is 1.97. The molecule has 0 amide bonds. The molecule has 0 aromatic rings. The molecule has 2 N–H and O–H groups in total. The number of nitrogens with zero attached hydrogens (tertiary/aromatic N) is 1. The van der Waals surface area contributed by atoms with Crippen LogP contribution in [0.5, 0.6) is 0 Å². The van der Waals surface area contributed by atoms with Crippen LogP contribution in [0.1, 0.15) is 32.1 Å². The minimum Gasteiger partial charge on any atom is -0.330 e. The third-order valence-corrected chi connectivity index (χ3v) is 3.98. The molecule has 2 saturated carbocycles. The molecule has 2 bridgehead atoms. The van der Waals surface area contributed by atoms with Crippen molar-refractivity contribution in [2.45, 2.75) is 32.1 Å². The molecule has 0 aromatic carbocycles. The van der Waals surface area contributed by atoms with Gasteiger partial charge in [0.05, 0.1) is 12.0 Å². The largest absolute Gasteiger partial charge is 0.330 e. The predicted octanol–water partition coefficient (Wildman–Crippen LogP) is 1.91. The second-order valence-electron chi connectivity index (χ2n) is 4.58. The van der Waals surface area contributed by atoms with Crippen molar-refractivity contribution >= 4 is 0 Å². The fourth-order valence-electron chi connectivity index (χ4n) is 3.38. The number of hydrogen-bond donors (Lipinski definition) is 1. The molecule has 2 rings (SSSR count). The molecule has 2 nitrogen and oxygen atoms in total. The summed E-state index contributed by atoms with van der Waals surface area (Å²) in [6.07, 6.45) is 6.30. The first-order valence-corrected chi connectivity index (χ1v) is 5.46. The quantitative estimate of drug-likeness (QED) is 0.717. The van der Waals surface area contributed by atoms with Gasteiger partial charge in [-0.15, -0.1) is 0 Å². The second-order valence-corrected chi connectivity index (χ2v) is 4.58. The van der Waals surface area contributed by atoms with Crippen LogP contribution in [0.25, 0.3) is 0 Å². The lowest BCUT2D eigenvalue weighted by Gasteiger charge is -2.25. The molecule has 0 unspecified atom stereocenters. The molecule has 2 fully saturated rings. The van der Waals surface area contributed by atoms with Gasteiger partial charge in [-0.1, -0.05) is 0 Å². The summed E-state index contributed by atoms with van der Waals surface area (Å²) >= 11 is 0. The topological polar surface area (TPSA) is 49.8 Å². The first-order chi connectivity index (χ1) is 6.36. The van der Waals surface area contributed by atoms with Crippen molar-refractivity contribution < 1.29 is 0 Å². The monoisotopic (exact) mass is 178 g/mol. The van der Waals surface area contributed by atoms with Gasteiger partial charge in [0.15, 0.2) is 0 Å². The van der Waals surface area contributed by atoms with Gasteiger partial charge in [0, 0.05) is 0 Å². The van der Waals surface area contributed by atoms with E-state index in [4.69, 9.17) is 11.0 Å². The summed E-state index contributed by atoms with van der Waals surface area (Å²) in [6.45, 7) is 0.784. The van der Waals surface area contributed by atoms with E-state index in [-0.39, 0.29) is 0 Å². The van der Waals surface area contributed by atoms with Gasteiger partial charge in [0.25, 0.3) is 0 Å². The van der Waals surface area contributed by atoms with E-state index in [1.54, 1.807) is 0 Å². The van der Waals surface area contributed by atoms with Gasteiger partial charge in [-0.2, -0.15) is 5.26 Å². The highest BCUT2D eigenvalue weighted by Crippen LogP contribution is 2.53. The molecular formula is C11H18N2. The number of nitriles is 1. The van der Waals surface area contributed by atoms with Gasteiger partial charge >= 0.3 is 0 Å². The van der Waals surface area contributed by atoms with E-state index in [0.29, 0.717) is 11.8 Å². The van der Waals surface area contributed by atoms with E-state index >= 15 is 0 Å². The molecule has 0 radical (unpaired) electrons. The lowest BCUT2D eigenvalue weighted by Crippen LogP contribution is -2.21. The minimum atomic E-state index is 0.366. The van der Waals surface area contributed by atoms with E-state index in [1.807, 2.05) is 0 Å². The molecule has 2 aliphatic carbocycles. The Morgan fingerprint density at radius 1 is 1.31 bits per heavy atom. The van der Waals surface area contributed by atoms with Crippen molar-refractivity contribution in [1.82, 2.24) is 0 Å². The van der Waals surface area contributed by atoms with Crippen LogP contribution in [-0.2, 0) is 0 Å². The maximum absolute atomic E-state index is 9.08. The van der Waals surface area contributed by atoms with Crippen molar-refractivity contribution in [3.63, 3.8) is 0 Å². The molecule has 2 aliphatic rings. The minimum absolute atomic E-state index is 0.366. The molecule has 4 atom stereocenters. The number of hydrogen-bond acceptors (Lipinski definition) is 2. The predicted molar refractivity (Wildman–Crippen MR) is 51.7 cm³/mol. The average molecular weight is 178 g/mol. The van der Waals surface area contributed by atoms with Crippen LogP contribution < -0.4 is 5.73 Å². The van der Waals surface area contributed by atoms with Gasteiger partial charge in [0.2, 0.25) is 0 Å². The van der Waals surface area contributed by atoms with Gasteiger partial charge in [-0.3, -0.25) is 0 Å². The number of nitrogens with two attached hydrogens (primary N) is 1. The van der Waals surface area contributed by atoms with Crippen LogP contribution in [0.2, 0.25) is 0 Å². The summed E-state index contributed by atoms with van der Waals surface area (Å²) in [5, 5.41) is 9.08. The number of rotatable bonds is 3. The summed E-state index contributed by atoms with van der Waals surface area (Å²) < 4.78 is 0. The Bertz CT molecular complexity index is 219. The van der Waals surface area contributed by atoms with E-state index in [1.165, 1.54) is 25.7 Å². The lowest BCUT2D eigenvalue weighted by atomic mass is 9.78. The van der Waals surface area contributed by atoms with E-state index < -0.39 is 0 Å². The third kappa shape index (κ3) is 1.46. The van der Waals surface area contributed by atoms with Crippen molar-refractivity contribution in [1.29, 1.82) is 5.26 Å². The van der Waals surface area contributed by atoms with Crippen LogP contribution in [0.15, 0.2) is 0 Å². The van der Waals surface area contributed by atoms with Crippen molar-refractivity contribution in [2.24, 2.45) is 29.4 Å². The first-order valence-electron chi connectivity index (χ1n) is 5.46. The van der Waals surface area contributed by atoms with Crippen molar-refractivity contribution in [2.75, 3.05) is 6.54 Å². The molecule has 13 heavy (non-hydrogen) atoms. The Morgan fingerprint density at radius 3 is 2.77 bits per heavy atom. The highest BCUT2D eigenvalue weighted by atomic mass is 14.5.